The summed E-state index contributed by atoms with van der Waals surface area (Å²) in [5, 5.41) is 10.7. The highest BCUT2D eigenvalue weighted by Gasteiger charge is 2.15. The molecule has 0 aliphatic heterocycles. The van der Waals surface area contributed by atoms with Gasteiger partial charge in [0.05, 0.1) is 18.0 Å². The molecule has 0 radical (unpaired) electrons. The maximum atomic E-state index is 10.7. The molecule has 0 atom stereocenters. The second-order valence-electron chi connectivity index (χ2n) is 3.14. The lowest BCUT2D eigenvalue weighted by Crippen LogP contribution is -2.13. The van der Waals surface area contributed by atoms with Crippen LogP contribution < -0.4 is 10.5 Å². The molecule has 0 aromatic heterocycles. The van der Waals surface area contributed by atoms with E-state index in [4.69, 9.17) is 10.5 Å². The van der Waals surface area contributed by atoms with Gasteiger partial charge in [-0.2, -0.15) is 0 Å². The molecule has 0 fully saturated rings. The van der Waals surface area contributed by atoms with Crippen molar-refractivity contribution in [1.29, 1.82) is 0 Å². The zero-order valence-electron chi connectivity index (χ0n) is 8.80. The van der Waals surface area contributed by atoms with Crippen molar-refractivity contribution in [2.24, 2.45) is 5.73 Å². The maximum Gasteiger partial charge on any atom is 0.310 e. The molecule has 0 aliphatic carbocycles. The molecule has 0 unspecified atom stereocenters. The Morgan fingerprint density at radius 1 is 1.56 bits per heavy atom. The van der Waals surface area contributed by atoms with E-state index in [-0.39, 0.29) is 17.9 Å². The lowest BCUT2D eigenvalue weighted by atomic mass is 10.1. The number of benzene rings is 1. The smallest absolute Gasteiger partial charge is 0.310 e. The molecule has 0 saturated heterocycles. The van der Waals surface area contributed by atoms with Crippen LogP contribution in [-0.2, 0) is 11.2 Å². The van der Waals surface area contributed by atoms with Crippen molar-refractivity contribution in [3.05, 3.63) is 33.9 Å². The van der Waals surface area contributed by atoms with Gasteiger partial charge in [-0.1, -0.05) is 6.07 Å². The number of nitro groups is 1. The van der Waals surface area contributed by atoms with Crippen LogP contribution in [0.5, 0.6) is 5.75 Å². The first-order chi connectivity index (χ1) is 7.54. The number of nitro benzene ring substituents is 1. The maximum absolute atomic E-state index is 10.7. The van der Waals surface area contributed by atoms with Crippen LogP contribution in [0, 0.1) is 10.1 Å². The van der Waals surface area contributed by atoms with Crippen molar-refractivity contribution < 1.29 is 14.5 Å². The fourth-order valence-corrected chi connectivity index (χ4v) is 1.29. The summed E-state index contributed by atoms with van der Waals surface area (Å²) < 4.78 is 5.13. The van der Waals surface area contributed by atoms with E-state index < -0.39 is 10.8 Å². The lowest BCUT2D eigenvalue weighted by Gasteiger charge is -2.05. The normalized spacial score (nSPS) is 9.81. The Morgan fingerprint density at radius 2 is 2.25 bits per heavy atom. The Balaban J connectivity index is 3.06. The monoisotopic (exact) mass is 224 g/mol. The zero-order valence-corrected chi connectivity index (χ0v) is 8.80. The molecule has 0 spiro atoms. The van der Waals surface area contributed by atoms with Gasteiger partial charge in [0.1, 0.15) is 0 Å². The topological polar surface area (TPSA) is 95.5 Å². The molecule has 6 nitrogen and oxygen atoms in total. The average Bonchev–Trinajstić information content (AvgIpc) is 2.17. The number of amides is 1. The van der Waals surface area contributed by atoms with Crippen LogP contribution in [0.2, 0.25) is 0 Å². The standard InChI is InChI=1S/C10H12N2O4/c1-2-16-9-5-7(6-10(11)13)3-4-8(9)12(14)15/h3-5H,2,6H2,1H3,(H2,11,13). The van der Waals surface area contributed by atoms with E-state index in [0.717, 1.165) is 0 Å². The van der Waals surface area contributed by atoms with Gasteiger partial charge in [0.15, 0.2) is 5.75 Å². The number of rotatable bonds is 5. The number of nitrogens with zero attached hydrogens (tertiary/aromatic N) is 1. The molecule has 6 heteroatoms. The summed E-state index contributed by atoms with van der Waals surface area (Å²) in [6.07, 6.45) is 0.0398. The SMILES string of the molecule is CCOc1cc(CC(N)=O)ccc1[N+](=O)[O-]. The first kappa shape index (κ1) is 12.0. The fourth-order valence-electron chi connectivity index (χ4n) is 1.29. The van der Waals surface area contributed by atoms with Gasteiger partial charge in [-0.25, -0.2) is 0 Å². The zero-order chi connectivity index (χ0) is 12.1. The van der Waals surface area contributed by atoms with Gasteiger partial charge in [0.25, 0.3) is 0 Å². The Morgan fingerprint density at radius 3 is 2.75 bits per heavy atom. The van der Waals surface area contributed by atoms with E-state index in [1.807, 2.05) is 0 Å². The highest BCUT2D eigenvalue weighted by Crippen LogP contribution is 2.28. The minimum Gasteiger partial charge on any atom is -0.487 e. The minimum atomic E-state index is -0.529. The van der Waals surface area contributed by atoms with Gasteiger partial charge in [0, 0.05) is 6.07 Å². The minimum absolute atomic E-state index is 0.0398. The quantitative estimate of drug-likeness (QED) is 0.596. The molecule has 2 N–H and O–H groups in total. The summed E-state index contributed by atoms with van der Waals surface area (Å²) in [4.78, 5) is 20.8. The van der Waals surface area contributed by atoms with Crippen LogP contribution in [0.1, 0.15) is 12.5 Å². The van der Waals surface area contributed by atoms with Crippen molar-refractivity contribution in [3.63, 3.8) is 0 Å². The summed E-state index contributed by atoms with van der Waals surface area (Å²) in [6, 6.07) is 4.26. The summed E-state index contributed by atoms with van der Waals surface area (Å²) >= 11 is 0. The number of nitrogens with two attached hydrogens (primary N) is 1. The van der Waals surface area contributed by atoms with E-state index >= 15 is 0 Å². The third kappa shape index (κ3) is 2.94. The van der Waals surface area contributed by atoms with Gasteiger partial charge >= 0.3 is 5.69 Å². The van der Waals surface area contributed by atoms with Crippen molar-refractivity contribution in [1.82, 2.24) is 0 Å². The van der Waals surface area contributed by atoms with Crippen LogP contribution in [0.25, 0.3) is 0 Å². The van der Waals surface area contributed by atoms with Crippen LogP contribution in [0.3, 0.4) is 0 Å². The molecule has 1 aromatic carbocycles. The van der Waals surface area contributed by atoms with E-state index in [1.54, 1.807) is 6.92 Å². The van der Waals surface area contributed by atoms with Gasteiger partial charge in [-0.15, -0.1) is 0 Å². The summed E-state index contributed by atoms with van der Waals surface area (Å²) in [7, 11) is 0. The van der Waals surface area contributed by atoms with Gasteiger partial charge < -0.3 is 10.5 Å². The first-order valence-corrected chi connectivity index (χ1v) is 4.73. The highest BCUT2D eigenvalue weighted by molar-refractivity contribution is 5.77. The third-order valence-electron chi connectivity index (χ3n) is 1.90. The van der Waals surface area contributed by atoms with Gasteiger partial charge in [-0.05, 0) is 18.6 Å². The van der Waals surface area contributed by atoms with Gasteiger partial charge in [0.2, 0.25) is 5.91 Å². The molecular formula is C10H12N2O4. The molecule has 1 rings (SSSR count). The number of ether oxygens (including phenoxy) is 1. The number of carbonyl (C=O) groups excluding carboxylic acids is 1. The van der Waals surface area contributed by atoms with Crippen molar-refractivity contribution >= 4 is 11.6 Å². The van der Waals surface area contributed by atoms with E-state index in [1.165, 1.54) is 18.2 Å². The van der Waals surface area contributed by atoms with Crippen LogP contribution in [0.4, 0.5) is 5.69 Å². The van der Waals surface area contributed by atoms with Crippen LogP contribution in [-0.4, -0.2) is 17.4 Å². The predicted octanol–water partition coefficient (Wildman–Crippen LogP) is 1.02. The Hall–Kier alpha value is -2.11. The molecular weight excluding hydrogens is 212 g/mol. The number of hydrogen-bond acceptors (Lipinski definition) is 4. The lowest BCUT2D eigenvalue weighted by molar-refractivity contribution is -0.385. The molecule has 0 saturated carbocycles. The van der Waals surface area contributed by atoms with E-state index in [0.29, 0.717) is 12.2 Å². The molecule has 86 valence electrons. The molecule has 1 amide bonds. The molecule has 0 bridgehead atoms. The predicted molar refractivity (Wildman–Crippen MR) is 57.2 cm³/mol. The van der Waals surface area contributed by atoms with E-state index in [2.05, 4.69) is 0 Å². The summed E-state index contributed by atoms with van der Waals surface area (Å²) in [5.41, 5.74) is 5.52. The molecule has 0 heterocycles. The van der Waals surface area contributed by atoms with E-state index in [9.17, 15) is 14.9 Å². The third-order valence-corrected chi connectivity index (χ3v) is 1.90. The summed E-state index contributed by atoms with van der Waals surface area (Å²) in [5.74, 6) is -0.331. The molecule has 0 aliphatic rings. The second kappa shape index (κ2) is 5.11. The van der Waals surface area contributed by atoms with Gasteiger partial charge in [-0.3, -0.25) is 14.9 Å². The number of carbonyl (C=O) groups is 1. The molecule has 16 heavy (non-hydrogen) atoms. The largest absolute Gasteiger partial charge is 0.487 e. The second-order valence-corrected chi connectivity index (χ2v) is 3.14. The Kier molecular flexibility index (Phi) is 3.82. The number of hydrogen-bond donors (Lipinski definition) is 1. The highest BCUT2D eigenvalue weighted by atomic mass is 16.6. The van der Waals surface area contributed by atoms with Crippen molar-refractivity contribution in [2.45, 2.75) is 13.3 Å². The summed E-state index contributed by atoms with van der Waals surface area (Å²) in [6.45, 7) is 2.05. The van der Waals surface area contributed by atoms with Crippen LogP contribution >= 0.6 is 0 Å². The Bertz CT molecular complexity index is 417. The fraction of sp³-hybridized carbons (Fsp3) is 0.300. The molecule has 1 aromatic rings. The Labute approximate surface area is 92.2 Å². The van der Waals surface area contributed by atoms with Crippen molar-refractivity contribution in [2.75, 3.05) is 6.61 Å². The first-order valence-electron chi connectivity index (χ1n) is 4.73. The average molecular weight is 224 g/mol. The number of primary amides is 1. The van der Waals surface area contributed by atoms with Crippen LogP contribution in [0.15, 0.2) is 18.2 Å². The van der Waals surface area contributed by atoms with Crippen molar-refractivity contribution in [3.8, 4) is 5.75 Å².